The molecule has 106 valence electrons. The number of aliphatic hydroxyl groups excluding tert-OH is 1. The monoisotopic (exact) mass is 265 g/mol. The van der Waals surface area contributed by atoms with Crippen molar-refractivity contribution in [1.29, 1.82) is 0 Å². The van der Waals surface area contributed by atoms with E-state index in [4.69, 9.17) is 4.74 Å². The first-order chi connectivity index (χ1) is 9.17. The Balaban J connectivity index is 2.02. The second kappa shape index (κ2) is 6.19. The second-order valence-electron chi connectivity index (χ2n) is 5.29. The van der Waals surface area contributed by atoms with Gasteiger partial charge in [-0.2, -0.15) is 4.98 Å². The summed E-state index contributed by atoms with van der Waals surface area (Å²) in [5, 5.41) is 12.9. The van der Waals surface area contributed by atoms with Gasteiger partial charge in [0.1, 0.15) is 11.6 Å². The van der Waals surface area contributed by atoms with Crippen molar-refractivity contribution < 1.29 is 9.84 Å². The molecule has 19 heavy (non-hydrogen) atoms. The van der Waals surface area contributed by atoms with E-state index in [1.54, 1.807) is 0 Å². The lowest BCUT2D eigenvalue weighted by atomic mass is 9.87. The average molecular weight is 265 g/mol. The zero-order chi connectivity index (χ0) is 13.7. The summed E-state index contributed by atoms with van der Waals surface area (Å²) in [7, 11) is 0. The molecule has 0 bridgehead atoms. The minimum absolute atomic E-state index is 0.0185. The van der Waals surface area contributed by atoms with Crippen molar-refractivity contribution in [3.8, 4) is 5.88 Å². The summed E-state index contributed by atoms with van der Waals surface area (Å²) in [6, 6.07) is 1.82. The highest BCUT2D eigenvalue weighted by atomic mass is 16.5. The zero-order valence-corrected chi connectivity index (χ0v) is 11.8. The molecule has 0 unspecified atom stereocenters. The molecular weight excluding hydrogens is 242 g/mol. The molecule has 0 aliphatic heterocycles. The molecule has 0 aromatic carbocycles. The summed E-state index contributed by atoms with van der Waals surface area (Å²) in [4.78, 5) is 8.58. The van der Waals surface area contributed by atoms with Crippen LogP contribution in [0.4, 0.5) is 5.82 Å². The molecule has 1 aliphatic rings. The van der Waals surface area contributed by atoms with Crippen LogP contribution >= 0.6 is 0 Å². The lowest BCUT2D eigenvalue weighted by molar-refractivity contribution is 0.142. The van der Waals surface area contributed by atoms with E-state index in [9.17, 15) is 5.11 Å². The number of aryl methyl sites for hydroxylation is 1. The highest BCUT2D eigenvalue weighted by molar-refractivity contribution is 5.38. The van der Waals surface area contributed by atoms with Crippen molar-refractivity contribution in [3.05, 3.63) is 11.9 Å². The summed E-state index contributed by atoms with van der Waals surface area (Å²) >= 11 is 0. The SMILES string of the molecule is CCOc1cc(NCC2(CO)CCCC2)nc(C)n1. The van der Waals surface area contributed by atoms with Crippen LogP contribution < -0.4 is 10.1 Å². The van der Waals surface area contributed by atoms with Gasteiger partial charge >= 0.3 is 0 Å². The maximum atomic E-state index is 9.59. The number of ether oxygens (including phenoxy) is 1. The molecule has 1 aliphatic carbocycles. The Hall–Kier alpha value is -1.36. The molecule has 0 radical (unpaired) electrons. The maximum absolute atomic E-state index is 9.59. The third-order valence-electron chi connectivity index (χ3n) is 3.75. The van der Waals surface area contributed by atoms with Crippen molar-refractivity contribution in [2.45, 2.75) is 39.5 Å². The zero-order valence-electron chi connectivity index (χ0n) is 11.8. The van der Waals surface area contributed by atoms with Crippen molar-refractivity contribution in [1.82, 2.24) is 9.97 Å². The first-order valence-electron chi connectivity index (χ1n) is 7.01. The quantitative estimate of drug-likeness (QED) is 0.825. The lowest BCUT2D eigenvalue weighted by Crippen LogP contribution is -2.30. The van der Waals surface area contributed by atoms with E-state index in [1.165, 1.54) is 12.8 Å². The van der Waals surface area contributed by atoms with Gasteiger partial charge in [-0.05, 0) is 26.7 Å². The fourth-order valence-electron chi connectivity index (χ4n) is 2.65. The van der Waals surface area contributed by atoms with Crippen LogP contribution in [0.5, 0.6) is 5.88 Å². The Bertz CT molecular complexity index is 417. The van der Waals surface area contributed by atoms with Crippen LogP contribution in [0.25, 0.3) is 0 Å². The number of aliphatic hydroxyl groups is 1. The molecule has 0 amide bonds. The van der Waals surface area contributed by atoms with Gasteiger partial charge < -0.3 is 15.2 Å². The van der Waals surface area contributed by atoms with Gasteiger partial charge in [-0.3, -0.25) is 0 Å². The van der Waals surface area contributed by atoms with Gasteiger partial charge in [0, 0.05) is 18.0 Å². The summed E-state index contributed by atoms with van der Waals surface area (Å²) in [6.45, 7) is 5.37. The normalized spacial score (nSPS) is 17.4. The second-order valence-corrected chi connectivity index (χ2v) is 5.29. The van der Waals surface area contributed by atoms with E-state index >= 15 is 0 Å². The van der Waals surface area contributed by atoms with E-state index in [0.29, 0.717) is 18.3 Å². The van der Waals surface area contributed by atoms with Gasteiger partial charge in [-0.15, -0.1) is 0 Å². The van der Waals surface area contributed by atoms with Gasteiger partial charge in [0.2, 0.25) is 5.88 Å². The molecule has 0 saturated heterocycles. The first kappa shape index (κ1) is 14.1. The highest BCUT2D eigenvalue weighted by Gasteiger charge is 2.33. The van der Waals surface area contributed by atoms with Gasteiger partial charge in [-0.1, -0.05) is 12.8 Å². The molecule has 1 aromatic heterocycles. The topological polar surface area (TPSA) is 67.3 Å². The molecule has 1 heterocycles. The van der Waals surface area contributed by atoms with Gasteiger partial charge in [0.05, 0.1) is 13.2 Å². The summed E-state index contributed by atoms with van der Waals surface area (Å²) in [5.41, 5.74) is 0.0185. The number of anilines is 1. The van der Waals surface area contributed by atoms with Crippen LogP contribution in [0.2, 0.25) is 0 Å². The Morgan fingerprint density at radius 2 is 2.11 bits per heavy atom. The molecule has 0 atom stereocenters. The van der Waals surface area contributed by atoms with Crippen LogP contribution in [-0.2, 0) is 0 Å². The van der Waals surface area contributed by atoms with Crippen molar-refractivity contribution >= 4 is 5.82 Å². The van der Waals surface area contributed by atoms with Crippen LogP contribution in [0.3, 0.4) is 0 Å². The standard InChI is InChI=1S/C14H23N3O2/c1-3-19-13-8-12(16-11(2)17-13)15-9-14(10-18)6-4-5-7-14/h8,18H,3-7,9-10H2,1-2H3,(H,15,16,17). The minimum Gasteiger partial charge on any atom is -0.478 e. The number of rotatable bonds is 6. The predicted octanol–water partition coefficient (Wildman–Crippen LogP) is 2.15. The molecule has 1 aromatic rings. The fourth-order valence-corrected chi connectivity index (χ4v) is 2.65. The predicted molar refractivity (Wildman–Crippen MR) is 74.4 cm³/mol. The van der Waals surface area contributed by atoms with E-state index in [1.807, 2.05) is 19.9 Å². The third-order valence-corrected chi connectivity index (χ3v) is 3.75. The van der Waals surface area contributed by atoms with Crippen LogP contribution in [0.15, 0.2) is 6.07 Å². The molecular formula is C14H23N3O2. The largest absolute Gasteiger partial charge is 0.478 e. The van der Waals surface area contributed by atoms with Crippen molar-refractivity contribution in [2.75, 3.05) is 25.1 Å². The molecule has 1 saturated carbocycles. The molecule has 2 rings (SSSR count). The van der Waals surface area contributed by atoms with Crippen molar-refractivity contribution in [2.24, 2.45) is 5.41 Å². The molecule has 5 heteroatoms. The number of aromatic nitrogens is 2. The Kier molecular flexibility index (Phi) is 4.58. The number of hydrogen-bond donors (Lipinski definition) is 2. The number of nitrogens with one attached hydrogen (secondary N) is 1. The van der Waals surface area contributed by atoms with Gasteiger partial charge in [0.15, 0.2) is 0 Å². The highest BCUT2D eigenvalue weighted by Crippen LogP contribution is 2.37. The van der Waals surface area contributed by atoms with Crippen LogP contribution in [-0.4, -0.2) is 34.8 Å². The molecule has 2 N–H and O–H groups in total. The fraction of sp³-hybridized carbons (Fsp3) is 0.714. The van der Waals surface area contributed by atoms with Crippen LogP contribution in [0.1, 0.15) is 38.4 Å². The summed E-state index contributed by atoms with van der Waals surface area (Å²) in [5.74, 6) is 2.07. The average Bonchev–Trinajstić information content (AvgIpc) is 2.86. The molecule has 0 spiro atoms. The van der Waals surface area contributed by atoms with Gasteiger partial charge in [-0.25, -0.2) is 4.98 Å². The first-order valence-corrected chi connectivity index (χ1v) is 7.01. The summed E-state index contributed by atoms with van der Waals surface area (Å²) in [6.07, 6.45) is 4.57. The third kappa shape index (κ3) is 3.56. The number of hydrogen-bond acceptors (Lipinski definition) is 5. The Labute approximate surface area is 114 Å². The number of nitrogens with zero attached hydrogens (tertiary/aromatic N) is 2. The molecule has 1 fully saturated rings. The van der Waals surface area contributed by atoms with E-state index < -0.39 is 0 Å². The van der Waals surface area contributed by atoms with E-state index in [0.717, 1.165) is 25.2 Å². The van der Waals surface area contributed by atoms with Crippen molar-refractivity contribution in [3.63, 3.8) is 0 Å². The summed E-state index contributed by atoms with van der Waals surface area (Å²) < 4.78 is 5.41. The lowest BCUT2D eigenvalue weighted by Gasteiger charge is -2.26. The Morgan fingerprint density at radius 1 is 1.37 bits per heavy atom. The van der Waals surface area contributed by atoms with E-state index in [2.05, 4.69) is 15.3 Å². The maximum Gasteiger partial charge on any atom is 0.218 e. The van der Waals surface area contributed by atoms with Crippen LogP contribution in [0, 0.1) is 12.3 Å². The van der Waals surface area contributed by atoms with Gasteiger partial charge in [0.25, 0.3) is 0 Å². The minimum atomic E-state index is 0.0185. The molecule has 5 nitrogen and oxygen atoms in total. The Morgan fingerprint density at radius 3 is 2.74 bits per heavy atom. The smallest absolute Gasteiger partial charge is 0.218 e. The van der Waals surface area contributed by atoms with E-state index in [-0.39, 0.29) is 12.0 Å².